The van der Waals surface area contributed by atoms with Gasteiger partial charge in [-0.25, -0.2) is 4.90 Å². The second kappa shape index (κ2) is 8.05. The average Bonchev–Trinajstić information content (AvgIpc) is 2.97. The molecule has 0 saturated heterocycles. The van der Waals surface area contributed by atoms with E-state index in [9.17, 15) is 9.59 Å². The molecule has 0 bridgehead atoms. The highest BCUT2D eigenvalue weighted by atomic mass is 35.5. The number of para-hydroxylation sites is 1. The molecule has 0 fully saturated rings. The van der Waals surface area contributed by atoms with Crippen LogP contribution < -0.4 is 10.2 Å². The van der Waals surface area contributed by atoms with Gasteiger partial charge in [-0.1, -0.05) is 54.1 Å². The normalized spacial score (nSPS) is 13.9. The summed E-state index contributed by atoms with van der Waals surface area (Å²) in [5.74, 6) is -0.725. The number of benzene rings is 3. The molecular formula is C26H23ClN2O2. The van der Waals surface area contributed by atoms with E-state index >= 15 is 0 Å². The van der Waals surface area contributed by atoms with E-state index in [-0.39, 0.29) is 17.5 Å². The maximum atomic E-state index is 13.6. The van der Waals surface area contributed by atoms with Gasteiger partial charge >= 0.3 is 0 Å². The molecule has 2 amide bonds. The van der Waals surface area contributed by atoms with E-state index in [4.69, 9.17) is 11.6 Å². The summed E-state index contributed by atoms with van der Waals surface area (Å²) < 4.78 is 0. The molecule has 31 heavy (non-hydrogen) atoms. The minimum Gasteiger partial charge on any atom is -0.350 e. The Labute approximate surface area is 187 Å². The fourth-order valence-electron chi connectivity index (χ4n) is 3.71. The van der Waals surface area contributed by atoms with Crippen molar-refractivity contribution in [2.24, 2.45) is 0 Å². The Morgan fingerprint density at radius 3 is 2.16 bits per heavy atom. The monoisotopic (exact) mass is 430 g/mol. The molecule has 1 aliphatic heterocycles. The van der Waals surface area contributed by atoms with Crippen molar-refractivity contribution in [2.75, 3.05) is 10.2 Å². The number of halogens is 1. The predicted molar refractivity (Wildman–Crippen MR) is 126 cm³/mol. The molecule has 5 heteroatoms. The quantitative estimate of drug-likeness (QED) is 0.518. The van der Waals surface area contributed by atoms with Gasteiger partial charge in [-0.2, -0.15) is 0 Å². The Morgan fingerprint density at radius 2 is 1.45 bits per heavy atom. The first kappa shape index (κ1) is 20.9. The number of hydrogen-bond donors (Lipinski definition) is 1. The third kappa shape index (κ3) is 3.75. The highest BCUT2D eigenvalue weighted by Gasteiger charge is 2.41. The van der Waals surface area contributed by atoms with Crippen molar-refractivity contribution < 1.29 is 9.59 Å². The van der Waals surface area contributed by atoms with Gasteiger partial charge in [-0.05, 0) is 73.7 Å². The Bertz CT molecular complexity index is 1260. The number of amides is 2. The molecule has 0 unspecified atom stereocenters. The highest BCUT2D eigenvalue weighted by molar-refractivity contribution is 6.46. The van der Waals surface area contributed by atoms with Gasteiger partial charge in [0.15, 0.2) is 0 Å². The molecule has 4 nitrogen and oxygen atoms in total. The van der Waals surface area contributed by atoms with Crippen molar-refractivity contribution in [3.63, 3.8) is 0 Å². The molecule has 4 rings (SSSR count). The minimum absolute atomic E-state index is 0.252. The van der Waals surface area contributed by atoms with Crippen molar-refractivity contribution >= 4 is 40.4 Å². The van der Waals surface area contributed by atoms with Crippen LogP contribution in [-0.4, -0.2) is 11.8 Å². The maximum absolute atomic E-state index is 13.6. The second-order valence-corrected chi connectivity index (χ2v) is 8.30. The summed E-state index contributed by atoms with van der Waals surface area (Å²) >= 11 is 6.19. The lowest BCUT2D eigenvalue weighted by atomic mass is 9.99. The minimum atomic E-state index is -0.382. The number of anilines is 2. The molecule has 3 aromatic carbocycles. The Kier molecular flexibility index (Phi) is 5.42. The van der Waals surface area contributed by atoms with Gasteiger partial charge in [0.25, 0.3) is 11.8 Å². The summed E-state index contributed by atoms with van der Waals surface area (Å²) in [4.78, 5) is 28.4. The number of aryl methyl sites for hydroxylation is 4. The molecule has 1 heterocycles. The van der Waals surface area contributed by atoms with Gasteiger partial charge in [0.05, 0.1) is 11.3 Å². The topological polar surface area (TPSA) is 49.4 Å². The van der Waals surface area contributed by atoms with Gasteiger partial charge in [-0.15, -0.1) is 0 Å². The molecule has 0 spiro atoms. The Balaban J connectivity index is 1.89. The molecule has 3 aromatic rings. The summed E-state index contributed by atoms with van der Waals surface area (Å²) in [6.07, 6.45) is 0. The maximum Gasteiger partial charge on any atom is 0.282 e. The molecule has 0 atom stereocenters. The molecule has 0 saturated carbocycles. The summed E-state index contributed by atoms with van der Waals surface area (Å²) in [5, 5.41) is 3.77. The lowest BCUT2D eigenvalue weighted by Gasteiger charge is -2.18. The van der Waals surface area contributed by atoms with Gasteiger partial charge in [0, 0.05) is 10.7 Å². The number of rotatable bonds is 4. The largest absolute Gasteiger partial charge is 0.350 e. The Hall–Kier alpha value is -3.37. The first-order valence-electron chi connectivity index (χ1n) is 10.1. The second-order valence-electron chi connectivity index (χ2n) is 7.87. The van der Waals surface area contributed by atoms with Gasteiger partial charge in [0.2, 0.25) is 0 Å². The fourth-order valence-corrected chi connectivity index (χ4v) is 3.88. The third-order valence-corrected chi connectivity index (χ3v) is 5.93. The van der Waals surface area contributed by atoms with Crippen molar-refractivity contribution in [2.45, 2.75) is 27.7 Å². The van der Waals surface area contributed by atoms with Crippen LogP contribution in [0.25, 0.3) is 5.57 Å². The van der Waals surface area contributed by atoms with Crippen LogP contribution in [0.1, 0.15) is 27.8 Å². The first-order valence-corrected chi connectivity index (χ1v) is 10.4. The lowest BCUT2D eigenvalue weighted by Crippen LogP contribution is -2.33. The van der Waals surface area contributed by atoms with Crippen LogP contribution >= 0.6 is 11.6 Å². The molecule has 1 aliphatic rings. The SMILES string of the molecule is Cc1ccc(C2=C(Nc3cc(Cl)ccc3C)C(=O)N(c3ccccc3C)C2=O)cc1C. The molecule has 0 radical (unpaired) electrons. The van der Waals surface area contributed by atoms with Crippen molar-refractivity contribution in [3.8, 4) is 0 Å². The summed E-state index contributed by atoms with van der Waals surface area (Å²) in [5.41, 5.74) is 6.54. The standard InChI is InChI=1S/C26H23ClN2O2/c1-15-9-11-19(13-18(15)4)23-24(28-21-14-20(27)12-10-16(21)2)26(31)29(25(23)30)22-8-6-5-7-17(22)3/h5-14,28H,1-4H3. The number of carbonyl (C=O) groups is 2. The van der Waals surface area contributed by atoms with Gasteiger partial charge < -0.3 is 5.32 Å². The Morgan fingerprint density at radius 1 is 0.742 bits per heavy atom. The zero-order valence-electron chi connectivity index (χ0n) is 17.9. The first-order chi connectivity index (χ1) is 14.8. The zero-order chi connectivity index (χ0) is 22.3. The lowest BCUT2D eigenvalue weighted by molar-refractivity contribution is -0.120. The number of carbonyl (C=O) groups excluding carboxylic acids is 2. The van der Waals surface area contributed by atoms with E-state index in [1.54, 1.807) is 18.2 Å². The van der Waals surface area contributed by atoms with Crippen molar-refractivity contribution in [1.82, 2.24) is 0 Å². The van der Waals surface area contributed by atoms with Crippen LogP contribution in [0.5, 0.6) is 0 Å². The molecular weight excluding hydrogens is 408 g/mol. The molecule has 156 valence electrons. The molecule has 0 aromatic heterocycles. The van der Waals surface area contributed by atoms with E-state index in [1.165, 1.54) is 4.90 Å². The van der Waals surface area contributed by atoms with Crippen LogP contribution in [0.2, 0.25) is 5.02 Å². The predicted octanol–water partition coefficient (Wildman–Crippen LogP) is 5.97. The van der Waals surface area contributed by atoms with E-state index in [2.05, 4.69) is 5.32 Å². The number of imide groups is 1. The van der Waals surface area contributed by atoms with E-state index in [0.29, 0.717) is 27.5 Å². The van der Waals surface area contributed by atoms with E-state index in [0.717, 1.165) is 22.3 Å². The molecule has 0 aliphatic carbocycles. The summed E-state index contributed by atoms with van der Waals surface area (Å²) in [6, 6.07) is 18.6. The number of hydrogen-bond acceptors (Lipinski definition) is 3. The van der Waals surface area contributed by atoms with E-state index < -0.39 is 0 Å². The van der Waals surface area contributed by atoms with Gasteiger partial charge in [0.1, 0.15) is 5.70 Å². The summed E-state index contributed by atoms with van der Waals surface area (Å²) in [6.45, 7) is 7.82. The van der Waals surface area contributed by atoms with Crippen LogP contribution in [0.15, 0.2) is 66.4 Å². The summed E-state index contributed by atoms with van der Waals surface area (Å²) in [7, 11) is 0. The highest BCUT2D eigenvalue weighted by Crippen LogP contribution is 2.36. The average molecular weight is 431 g/mol. The van der Waals surface area contributed by atoms with Crippen molar-refractivity contribution in [3.05, 3.63) is 99.2 Å². The fraction of sp³-hybridized carbons (Fsp3) is 0.154. The van der Waals surface area contributed by atoms with Crippen LogP contribution in [0, 0.1) is 27.7 Å². The van der Waals surface area contributed by atoms with Crippen LogP contribution in [-0.2, 0) is 9.59 Å². The number of nitrogens with one attached hydrogen (secondary N) is 1. The third-order valence-electron chi connectivity index (χ3n) is 5.70. The zero-order valence-corrected chi connectivity index (χ0v) is 18.7. The van der Waals surface area contributed by atoms with Crippen LogP contribution in [0.3, 0.4) is 0 Å². The van der Waals surface area contributed by atoms with Gasteiger partial charge in [-0.3, -0.25) is 9.59 Å². The smallest absolute Gasteiger partial charge is 0.282 e. The van der Waals surface area contributed by atoms with Crippen molar-refractivity contribution in [1.29, 1.82) is 0 Å². The number of nitrogens with zero attached hydrogens (tertiary/aromatic N) is 1. The molecule has 1 N–H and O–H groups in total. The van der Waals surface area contributed by atoms with Crippen LogP contribution in [0.4, 0.5) is 11.4 Å². The van der Waals surface area contributed by atoms with E-state index in [1.807, 2.05) is 70.2 Å².